The number of thioether (sulfide) groups is 1. The predicted octanol–water partition coefficient (Wildman–Crippen LogP) is 6.49. The highest BCUT2D eigenvalue weighted by Crippen LogP contribution is 2.35. The maximum Gasteiger partial charge on any atom is 0.253 e. The largest absolute Gasteiger partial charge is 0.497 e. The molecule has 0 spiro atoms. The molecule has 1 aliphatic rings. The number of benzene rings is 3. The van der Waals surface area contributed by atoms with Crippen LogP contribution in [0, 0.1) is 19.7 Å². The van der Waals surface area contributed by atoms with Crippen molar-refractivity contribution >= 4 is 40.6 Å². The van der Waals surface area contributed by atoms with E-state index in [1.54, 1.807) is 29.5 Å². The van der Waals surface area contributed by atoms with Crippen molar-refractivity contribution in [2.24, 2.45) is 5.10 Å². The summed E-state index contributed by atoms with van der Waals surface area (Å²) < 4.78 is 20.9. The maximum absolute atomic E-state index is 13.8. The molecule has 0 unspecified atom stereocenters. The zero-order valence-corrected chi connectivity index (χ0v) is 27.1. The summed E-state index contributed by atoms with van der Waals surface area (Å²) in [5.41, 5.74) is 4.96. The Hall–Kier alpha value is -4.81. The Balaban J connectivity index is 1.26. The van der Waals surface area contributed by atoms with E-state index >= 15 is 0 Å². The maximum atomic E-state index is 13.8. The van der Waals surface area contributed by atoms with Gasteiger partial charge in [0.25, 0.3) is 11.8 Å². The van der Waals surface area contributed by atoms with Crippen molar-refractivity contribution < 1.29 is 18.7 Å². The van der Waals surface area contributed by atoms with Crippen LogP contribution in [0.25, 0.3) is 5.69 Å². The van der Waals surface area contributed by atoms with Crippen molar-refractivity contribution in [3.8, 4) is 11.4 Å². The highest BCUT2D eigenvalue weighted by Gasteiger charge is 2.34. The molecule has 3 aromatic carbocycles. The van der Waals surface area contributed by atoms with Gasteiger partial charge in [-0.25, -0.2) is 9.40 Å². The summed E-state index contributed by atoms with van der Waals surface area (Å²) in [6, 6.07) is 22.8. The fourth-order valence-corrected chi connectivity index (χ4v) is 6.77. The van der Waals surface area contributed by atoms with Gasteiger partial charge in [-0.3, -0.25) is 14.2 Å². The number of aryl methyl sites for hydroxylation is 1. The van der Waals surface area contributed by atoms with E-state index in [9.17, 15) is 14.0 Å². The molecule has 0 bridgehead atoms. The van der Waals surface area contributed by atoms with Crippen LogP contribution in [0.3, 0.4) is 0 Å². The Morgan fingerprint density at radius 2 is 1.85 bits per heavy atom. The van der Waals surface area contributed by atoms with Gasteiger partial charge in [0.05, 0.1) is 41.7 Å². The molecule has 1 aliphatic heterocycles. The van der Waals surface area contributed by atoms with Crippen LogP contribution in [0.2, 0.25) is 0 Å². The van der Waals surface area contributed by atoms with E-state index < -0.39 is 11.7 Å². The molecule has 2 aromatic heterocycles. The molecule has 2 amide bonds. The van der Waals surface area contributed by atoms with Crippen molar-refractivity contribution in [2.45, 2.75) is 38.0 Å². The fraction of sp³-hybridized carbons (Fsp3) is 0.206. The number of hydrazone groups is 1. The first-order valence-corrected chi connectivity index (χ1v) is 16.4. The molecule has 0 radical (unpaired) electrons. The molecule has 6 rings (SSSR count). The molecule has 0 aliphatic carbocycles. The van der Waals surface area contributed by atoms with Gasteiger partial charge in [-0.2, -0.15) is 5.10 Å². The van der Waals surface area contributed by atoms with Crippen molar-refractivity contribution in [1.82, 2.24) is 25.1 Å². The van der Waals surface area contributed by atoms with Gasteiger partial charge in [0, 0.05) is 12.0 Å². The Morgan fingerprint density at radius 1 is 1.04 bits per heavy atom. The van der Waals surface area contributed by atoms with Crippen LogP contribution in [0.1, 0.15) is 50.2 Å². The first-order chi connectivity index (χ1) is 22.3. The highest BCUT2D eigenvalue weighted by atomic mass is 32.2. The lowest BCUT2D eigenvalue weighted by Gasteiger charge is -2.22. The minimum Gasteiger partial charge on any atom is -0.497 e. The van der Waals surface area contributed by atoms with Gasteiger partial charge < -0.3 is 10.1 Å². The number of hydrogen-bond donors (Lipinski definition) is 1. The number of thiophene rings is 1. The number of hydrogen-bond acceptors (Lipinski definition) is 8. The van der Waals surface area contributed by atoms with E-state index in [1.807, 2.05) is 78.4 Å². The lowest BCUT2D eigenvalue weighted by atomic mass is 10.0. The number of halogens is 1. The van der Waals surface area contributed by atoms with Gasteiger partial charge in [-0.1, -0.05) is 48.2 Å². The Bertz CT molecular complexity index is 1910. The second-order valence-electron chi connectivity index (χ2n) is 10.7. The van der Waals surface area contributed by atoms with Crippen LogP contribution in [0.15, 0.2) is 94.5 Å². The van der Waals surface area contributed by atoms with E-state index in [0.29, 0.717) is 17.4 Å². The van der Waals surface area contributed by atoms with Crippen LogP contribution >= 0.6 is 23.1 Å². The number of nitrogens with zero attached hydrogens (tertiary/aromatic N) is 5. The zero-order chi connectivity index (χ0) is 32.2. The van der Waals surface area contributed by atoms with Gasteiger partial charge in [0.1, 0.15) is 11.6 Å². The minimum atomic E-state index is -0.492. The Labute approximate surface area is 274 Å². The SMILES string of the molecule is COc1ccc([C@@H]2CC(c3cccs3)=NN2C(=O)CSc2nnc(CNC(=O)c3cccc(F)c3)n2-c2cccc(C)c2C)cc1. The summed E-state index contributed by atoms with van der Waals surface area (Å²) in [7, 11) is 1.62. The van der Waals surface area contributed by atoms with Crippen molar-refractivity contribution in [2.75, 3.05) is 12.9 Å². The molecule has 3 heterocycles. The fourth-order valence-electron chi connectivity index (χ4n) is 5.23. The first-order valence-electron chi connectivity index (χ1n) is 14.6. The van der Waals surface area contributed by atoms with Crippen molar-refractivity contribution in [3.05, 3.63) is 123 Å². The number of methoxy groups -OCH3 is 1. The Kier molecular flexibility index (Phi) is 9.27. The average molecular weight is 655 g/mol. The zero-order valence-electron chi connectivity index (χ0n) is 25.4. The van der Waals surface area contributed by atoms with Gasteiger partial charge >= 0.3 is 0 Å². The highest BCUT2D eigenvalue weighted by molar-refractivity contribution is 7.99. The quantitative estimate of drug-likeness (QED) is 0.173. The van der Waals surface area contributed by atoms with E-state index in [0.717, 1.165) is 38.7 Å². The molecule has 234 valence electrons. The van der Waals surface area contributed by atoms with Gasteiger partial charge in [0.15, 0.2) is 11.0 Å². The summed E-state index contributed by atoms with van der Waals surface area (Å²) in [6.45, 7) is 4.06. The molecule has 0 saturated heterocycles. The van der Waals surface area contributed by atoms with Gasteiger partial charge in [-0.05, 0) is 78.4 Å². The number of carbonyl (C=O) groups excluding carboxylic acids is 2. The van der Waals surface area contributed by atoms with Crippen LogP contribution in [-0.2, 0) is 11.3 Å². The van der Waals surface area contributed by atoms with Crippen molar-refractivity contribution in [1.29, 1.82) is 0 Å². The van der Waals surface area contributed by atoms with Gasteiger partial charge in [-0.15, -0.1) is 21.5 Å². The smallest absolute Gasteiger partial charge is 0.253 e. The molecular weight excluding hydrogens is 624 g/mol. The van der Waals surface area contributed by atoms with Crippen LogP contribution in [-0.4, -0.2) is 50.2 Å². The normalized spacial score (nSPS) is 14.3. The number of aromatic nitrogens is 3. The van der Waals surface area contributed by atoms with E-state index in [2.05, 4.69) is 15.5 Å². The summed E-state index contributed by atoms with van der Waals surface area (Å²) >= 11 is 2.85. The lowest BCUT2D eigenvalue weighted by molar-refractivity contribution is -0.130. The second kappa shape index (κ2) is 13.7. The molecule has 5 aromatic rings. The molecule has 46 heavy (non-hydrogen) atoms. The van der Waals surface area contributed by atoms with E-state index in [1.165, 1.54) is 30.0 Å². The molecule has 1 N–H and O–H groups in total. The molecule has 12 heteroatoms. The third kappa shape index (κ3) is 6.58. The molecular formula is C34H31FN6O3S2. The average Bonchev–Trinajstić information content (AvgIpc) is 3.84. The molecule has 0 fully saturated rings. The van der Waals surface area contributed by atoms with Gasteiger partial charge in [0.2, 0.25) is 0 Å². The first kappa shape index (κ1) is 31.2. The summed E-state index contributed by atoms with van der Waals surface area (Å²) in [6.07, 6.45) is 0.594. The second-order valence-corrected chi connectivity index (χ2v) is 12.6. The topological polar surface area (TPSA) is 102 Å². The standard InChI is InChI=1S/C34H31FN6O3S2/c1-21-7-4-10-28(22(21)2)40-31(19-36-33(43)24-8-5-9-25(35)17-24)37-38-34(40)46-20-32(42)41-29(23-12-14-26(44-3)15-13-23)18-27(39-41)30-11-6-16-45-30/h4-17,29H,18-20H2,1-3H3,(H,36,43)/t29-/m0/s1. The summed E-state index contributed by atoms with van der Waals surface area (Å²) in [5, 5.41) is 20.5. The Morgan fingerprint density at radius 3 is 2.59 bits per heavy atom. The molecule has 0 saturated carbocycles. The number of nitrogens with one attached hydrogen (secondary N) is 1. The summed E-state index contributed by atoms with van der Waals surface area (Å²) in [4.78, 5) is 27.7. The third-order valence-electron chi connectivity index (χ3n) is 7.81. The van der Waals surface area contributed by atoms with Crippen LogP contribution in [0.4, 0.5) is 4.39 Å². The third-order valence-corrected chi connectivity index (χ3v) is 9.64. The number of rotatable bonds is 10. The minimum absolute atomic E-state index is 0.0460. The number of ether oxygens (including phenoxy) is 1. The predicted molar refractivity (Wildman–Crippen MR) is 177 cm³/mol. The molecule has 1 atom stereocenters. The van der Waals surface area contributed by atoms with E-state index in [-0.39, 0.29) is 29.8 Å². The lowest BCUT2D eigenvalue weighted by Crippen LogP contribution is -2.28. The summed E-state index contributed by atoms with van der Waals surface area (Å²) in [5.74, 6) is 0.179. The number of amides is 2. The monoisotopic (exact) mass is 654 g/mol. The van der Waals surface area contributed by atoms with Crippen molar-refractivity contribution in [3.63, 3.8) is 0 Å². The number of carbonyl (C=O) groups is 2. The van der Waals surface area contributed by atoms with Crippen LogP contribution in [0.5, 0.6) is 5.75 Å². The molecule has 9 nitrogen and oxygen atoms in total. The van der Waals surface area contributed by atoms with E-state index in [4.69, 9.17) is 9.84 Å². The van der Waals surface area contributed by atoms with Crippen LogP contribution < -0.4 is 10.1 Å².